The van der Waals surface area contributed by atoms with Gasteiger partial charge in [0.05, 0.1) is 15.0 Å². The van der Waals surface area contributed by atoms with Crippen molar-refractivity contribution in [2.75, 3.05) is 7.11 Å². The van der Waals surface area contributed by atoms with Crippen molar-refractivity contribution in [2.45, 2.75) is 0 Å². The van der Waals surface area contributed by atoms with Gasteiger partial charge in [-0.05, 0) is 36.4 Å². The maximum Gasteiger partial charge on any atom is 1.00 e. The van der Waals surface area contributed by atoms with Crippen LogP contribution in [0.4, 0.5) is 0 Å². The predicted molar refractivity (Wildman–Crippen MR) is 131 cm³/mol. The molecule has 4 aromatic rings. The van der Waals surface area contributed by atoms with Gasteiger partial charge in [0.25, 0.3) is 0 Å². The van der Waals surface area contributed by atoms with E-state index >= 15 is 0 Å². The zero-order chi connectivity index (χ0) is 21.9. The molecule has 4 heteroatoms. The largest absolute Gasteiger partial charge is 1.00 e. The molecule has 2 nitrogen and oxygen atoms in total. The van der Waals surface area contributed by atoms with Gasteiger partial charge in [0, 0.05) is 5.56 Å². The maximum atomic E-state index is 11.0. The molecule has 4 rings (SSSR count). The summed E-state index contributed by atoms with van der Waals surface area (Å²) in [4.78, 5) is 11.0. The molecule has 0 saturated heterocycles. The van der Waals surface area contributed by atoms with Crippen LogP contribution in [-0.4, -0.2) is 13.1 Å². The number of carbonyl (C=O) groups is 1. The van der Waals surface area contributed by atoms with Gasteiger partial charge in [0.15, 0.2) is 0 Å². The van der Waals surface area contributed by atoms with Crippen LogP contribution in [0.15, 0.2) is 115 Å². The summed E-state index contributed by atoms with van der Waals surface area (Å²) in [5, 5.41) is 4.31. The third-order valence-electron chi connectivity index (χ3n) is 4.62. The standard InChI is InChI=1S/C18H15P.C10H7O2.Au/c1-4-10-16(11-5-1)19(17-12-6-2-7-13-17)18-14-8-3-9-15-18;1-3-8-5-4-6-9(7-8)10(11)12-2;/h1-15H;4-7H,2H3;/q;-1;+1/p+1. The molecule has 32 heavy (non-hydrogen) atoms. The third-order valence-corrected chi connectivity index (χ3v) is 7.35. The molecule has 0 N–H and O–H groups in total. The average Bonchev–Trinajstić information content (AvgIpc) is 2.86. The monoisotopic (exact) mass is 619 g/mol. The molecule has 0 radical (unpaired) electrons. The number of ether oxygens (including phenoxy) is 1. The molecule has 0 aliphatic rings. The molecule has 0 fully saturated rings. The number of hydrogen-bond acceptors (Lipinski definition) is 2. The number of benzene rings is 4. The van der Waals surface area contributed by atoms with Gasteiger partial charge in [0.1, 0.15) is 15.9 Å². The van der Waals surface area contributed by atoms with E-state index in [9.17, 15) is 4.79 Å². The quantitative estimate of drug-likeness (QED) is 0.110. The number of carbonyl (C=O) groups excluding carboxylic acids is 1. The van der Waals surface area contributed by atoms with Crippen molar-refractivity contribution in [1.82, 2.24) is 0 Å². The van der Waals surface area contributed by atoms with Crippen molar-refractivity contribution in [2.24, 2.45) is 0 Å². The van der Waals surface area contributed by atoms with Crippen LogP contribution >= 0.6 is 7.92 Å². The molecule has 0 aliphatic carbocycles. The maximum absolute atomic E-state index is 11.0. The van der Waals surface area contributed by atoms with Crippen LogP contribution < -0.4 is 15.9 Å². The van der Waals surface area contributed by atoms with Crippen molar-refractivity contribution in [3.63, 3.8) is 0 Å². The molecule has 0 saturated carbocycles. The second-order valence-electron chi connectivity index (χ2n) is 6.67. The summed E-state index contributed by atoms with van der Waals surface area (Å²) in [6, 6.07) is 39.1. The minimum absolute atomic E-state index is 0. The topological polar surface area (TPSA) is 26.3 Å². The molecule has 0 heterocycles. The second kappa shape index (κ2) is 13.5. The van der Waals surface area contributed by atoms with Crippen molar-refractivity contribution in [1.29, 1.82) is 0 Å². The van der Waals surface area contributed by atoms with Gasteiger partial charge in [0.2, 0.25) is 0 Å². The first-order chi connectivity index (χ1) is 15.2. The molecule has 0 atom stereocenters. The van der Waals surface area contributed by atoms with Gasteiger partial charge in [-0.3, -0.25) is 5.92 Å². The van der Waals surface area contributed by atoms with Crippen LogP contribution in [0.2, 0.25) is 0 Å². The smallest absolute Gasteiger partial charge is 0.465 e. The van der Waals surface area contributed by atoms with Gasteiger partial charge < -0.3 is 11.2 Å². The number of rotatable bonds is 4. The molecule has 0 amide bonds. The van der Waals surface area contributed by atoms with Gasteiger partial charge in [-0.25, -0.2) is 4.79 Å². The Morgan fingerprint density at radius 1 is 0.719 bits per heavy atom. The third kappa shape index (κ3) is 7.06. The van der Waals surface area contributed by atoms with E-state index in [0.29, 0.717) is 11.1 Å². The zero-order valence-electron chi connectivity index (χ0n) is 17.6. The zero-order valence-corrected chi connectivity index (χ0v) is 20.8. The first-order valence-corrected chi connectivity index (χ1v) is 11.4. The fourth-order valence-corrected chi connectivity index (χ4v) is 5.73. The van der Waals surface area contributed by atoms with Gasteiger partial charge >= 0.3 is 28.3 Å². The Bertz CT molecular complexity index is 1050. The normalized spacial score (nSPS) is 9.53. The summed E-state index contributed by atoms with van der Waals surface area (Å²) in [7, 11) is 0.445. The number of methoxy groups -OCH3 is 1. The molecule has 0 bridgehead atoms. The van der Waals surface area contributed by atoms with E-state index in [1.807, 2.05) is 0 Å². The summed E-state index contributed by atoms with van der Waals surface area (Å²) >= 11 is 0. The van der Waals surface area contributed by atoms with Crippen molar-refractivity contribution >= 4 is 29.8 Å². The van der Waals surface area contributed by atoms with E-state index in [-0.39, 0.29) is 22.4 Å². The van der Waals surface area contributed by atoms with Crippen molar-refractivity contribution in [3.8, 4) is 5.92 Å². The average molecular weight is 619 g/mol. The molecule has 162 valence electrons. The number of hydrogen-bond donors (Lipinski definition) is 0. The minimum Gasteiger partial charge on any atom is -0.465 e. The van der Waals surface area contributed by atoms with Crippen molar-refractivity contribution < 1.29 is 31.9 Å². The van der Waals surface area contributed by atoms with Crippen LogP contribution in [0.3, 0.4) is 0 Å². The molecule has 0 spiro atoms. The van der Waals surface area contributed by atoms with E-state index in [1.165, 1.54) is 23.0 Å². The SMILES string of the molecule is [Au+].[C-]#Cc1cccc(C(=O)OC)c1.c1ccc([PH+](c2ccccc2)c2ccccc2)cc1. The van der Waals surface area contributed by atoms with Crippen LogP contribution in [-0.2, 0) is 27.1 Å². The predicted octanol–water partition coefficient (Wildman–Crippen LogP) is 4.59. The Morgan fingerprint density at radius 3 is 1.53 bits per heavy atom. The fraction of sp³-hybridized carbons (Fsp3) is 0.0357. The van der Waals surface area contributed by atoms with Crippen LogP contribution in [0.5, 0.6) is 0 Å². The van der Waals surface area contributed by atoms with E-state index in [4.69, 9.17) is 6.42 Å². The first-order valence-electron chi connectivity index (χ1n) is 9.87. The van der Waals surface area contributed by atoms with Gasteiger partial charge in [-0.15, -0.1) is 17.7 Å². The molecule has 0 aliphatic heterocycles. The summed E-state index contributed by atoms with van der Waals surface area (Å²) in [6.07, 6.45) is 6.84. The Morgan fingerprint density at radius 2 is 1.16 bits per heavy atom. The van der Waals surface area contributed by atoms with Gasteiger partial charge in [-0.2, -0.15) is 0 Å². The Balaban J connectivity index is 0.000000244. The van der Waals surface area contributed by atoms with Crippen molar-refractivity contribution in [3.05, 3.63) is 133 Å². The molecular formula is C28H23AuO2P+. The minimum atomic E-state index is -0.877. The number of esters is 1. The Labute approximate surface area is 206 Å². The van der Waals surface area contributed by atoms with E-state index in [0.717, 1.165) is 0 Å². The molecule has 0 aromatic heterocycles. The second-order valence-corrected chi connectivity index (χ2v) is 9.15. The Hall–Kier alpha value is -2.92. The van der Waals surface area contributed by atoms with E-state index in [1.54, 1.807) is 24.3 Å². The van der Waals surface area contributed by atoms with Crippen LogP contribution in [0.1, 0.15) is 15.9 Å². The molecule has 0 unspecified atom stereocenters. The summed E-state index contributed by atoms with van der Waals surface area (Å²) in [6.45, 7) is 0. The Kier molecular flexibility index (Phi) is 10.7. The molecule has 4 aromatic carbocycles. The van der Waals surface area contributed by atoms with E-state index in [2.05, 4.69) is 102 Å². The first kappa shape index (κ1) is 25.3. The van der Waals surface area contributed by atoms with Gasteiger partial charge in [-0.1, -0.05) is 66.7 Å². The summed E-state index contributed by atoms with van der Waals surface area (Å²) in [5.74, 6) is 1.79. The molecular weight excluding hydrogens is 596 g/mol. The van der Waals surface area contributed by atoms with E-state index < -0.39 is 13.9 Å². The fourth-order valence-electron chi connectivity index (χ4n) is 3.16. The van der Waals surface area contributed by atoms with Crippen LogP contribution in [0, 0.1) is 12.3 Å². The summed E-state index contributed by atoms with van der Waals surface area (Å²) in [5.41, 5.74) is 1.01. The van der Waals surface area contributed by atoms with Crippen LogP contribution in [0.25, 0.3) is 0 Å². The summed E-state index contributed by atoms with van der Waals surface area (Å²) < 4.78 is 4.51.